The van der Waals surface area contributed by atoms with Crippen LogP contribution in [-0.2, 0) is 16.1 Å². The highest BCUT2D eigenvalue weighted by molar-refractivity contribution is 5.95. The quantitative estimate of drug-likeness (QED) is 0.643. The summed E-state index contributed by atoms with van der Waals surface area (Å²) < 4.78 is 7.19. The second-order valence-electron chi connectivity index (χ2n) is 9.33. The highest BCUT2D eigenvalue weighted by atomic mass is 16.5. The third-order valence-electron chi connectivity index (χ3n) is 6.43. The lowest BCUT2D eigenvalue weighted by atomic mass is 9.92. The smallest absolute Gasteiger partial charge is 0.290 e. The minimum Gasteiger partial charge on any atom is -0.395 e. The molecule has 2 aliphatic rings. The number of aromatic nitrogens is 2. The molecule has 2 amide bonds. The number of ether oxygens (including phenoxy) is 1. The first kappa shape index (κ1) is 23.7. The number of imidazole rings is 1. The Kier molecular flexibility index (Phi) is 7.62. The summed E-state index contributed by atoms with van der Waals surface area (Å²) in [6.45, 7) is 8.65. The molecule has 3 heterocycles. The van der Waals surface area contributed by atoms with Crippen LogP contribution in [0.5, 0.6) is 0 Å². The van der Waals surface area contributed by atoms with Crippen molar-refractivity contribution in [3.05, 3.63) is 30.1 Å². The number of rotatable bonds is 7. The number of carbonyl (C=O) groups is 2. The van der Waals surface area contributed by atoms with Crippen molar-refractivity contribution in [1.82, 2.24) is 24.7 Å². The summed E-state index contributed by atoms with van der Waals surface area (Å²) in [6, 6.07) is 7.49. The lowest BCUT2D eigenvalue weighted by Gasteiger charge is -2.40. The predicted molar refractivity (Wildman–Crippen MR) is 125 cm³/mol. The highest BCUT2D eigenvalue weighted by Crippen LogP contribution is 2.24. The molecule has 0 radical (unpaired) electrons. The number of hydrogen-bond acceptors (Lipinski definition) is 6. The maximum absolute atomic E-state index is 13.8. The Hall–Kier alpha value is -2.49. The van der Waals surface area contributed by atoms with Gasteiger partial charge < -0.3 is 29.5 Å². The summed E-state index contributed by atoms with van der Waals surface area (Å²) in [5.41, 5.74) is 1.57. The first-order valence-electron chi connectivity index (χ1n) is 11.9. The summed E-state index contributed by atoms with van der Waals surface area (Å²) in [4.78, 5) is 35.4. The lowest BCUT2D eigenvalue weighted by Crippen LogP contribution is -2.56. The maximum Gasteiger partial charge on any atom is 0.290 e. The van der Waals surface area contributed by atoms with Crippen molar-refractivity contribution in [2.75, 3.05) is 52.5 Å². The standard InChI is InChI=1S/C24H35N5O4/c1-17(2)16-29(19-13-18(14-25-15-19)23(31)27-8-11-33-12-9-27)24(32)22-26-20-5-3-4-6-21(20)28(22)7-10-30/h3-6,17-19,25,30H,7-16H2,1-2H3. The largest absolute Gasteiger partial charge is 0.395 e. The molecule has 0 spiro atoms. The maximum atomic E-state index is 13.8. The first-order chi connectivity index (χ1) is 16.0. The van der Waals surface area contributed by atoms with Crippen LogP contribution in [0.25, 0.3) is 11.0 Å². The van der Waals surface area contributed by atoms with Crippen molar-refractivity contribution in [2.45, 2.75) is 32.9 Å². The molecule has 2 saturated heterocycles. The van der Waals surface area contributed by atoms with Crippen LogP contribution in [0.15, 0.2) is 24.3 Å². The minimum atomic E-state index is -0.166. The van der Waals surface area contributed by atoms with E-state index in [0.717, 1.165) is 11.0 Å². The molecule has 2 fully saturated rings. The van der Waals surface area contributed by atoms with Gasteiger partial charge in [-0.1, -0.05) is 26.0 Å². The van der Waals surface area contributed by atoms with E-state index in [-0.39, 0.29) is 36.3 Å². The number of fused-ring (bicyclic) bond motifs is 1. The number of morpholine rings is 1. The molecular formula is C24H35N5O4. The molecular weight excluding hydrogens is 422 g/mol. The number of aliphatic hydroxyl groups excluding tert-OH is 1. The third-order valence-corrected chi connectivity index (χ3v) is 6.43. The number of aliphatic hydroxyl groups is 1. The molecule has 2 aliphatic heterocycles. The van der Waals surface area contributed by atoms with E-state index in [0.29, 0.717) is 64.7 Å². The van der Waals surface area contributed by atoms with E-state index in [2.05, 4.69) is 24.1 Å². The molecule has 2 aromatic rings. The zero-order valence-corrected chi connectivity index (χ0v) is 19.6. The summed E-state index contributed by atoms with van der Waals surface area (Å²) >= 11 is 0. The van der Waals surface area contributed by atoms with Gasteiger partial charge >= 0.3 is 0 Å². The SMILES string of the molecule is CC(C)CN(C(=O)c1nc2ccccc2n1CCO)C1CNCC(C(=O)N2CCOCC2)C1. The molecule has 0 bridgehead atoms. The van der Waals surface area contributed by atoms with E-state index >= 15 is 0 Å². The van der Waals surface area contributed by atoms with Gasteiger partial charge in [0.2, 0.25) is 5.91 Å². The summed E-state index contributed by atoms with van der Waals surface area (Å²) in [6.07, 6.45) is 0.627. The van der Waals surface area contributed by atoms with Gasteiger partial charge in [-0.25, -0.2) is 4.98 Å². The summed E-state index contributed by atoms with van der Waals surface area (Å²) in [5, 5.41) is 13.0. The second-order valence-corrected chi connectivity index (χ2v) is 9.33. The Balaban J connectivity index is 1.59. The van der Waals surface area contributed by atoms with E-state index < -0.39 is 0 Å². The monoisotopic (exact) mass is 457 g/mol. The average Bonchev–Trinajstić information content (AvgIpc) is 3.21. The molecule has 2 N–H and O–H groups in total. The van der Waals surface area contributed by atoms with E-state index in [1.807, 2.05) is 34.1 Å². The van der Waals surface area contributed by atoms with Crippen LogP contribution in [0, 0.1) is 11.8 Å². The van der Waals surface area contributed by atoms with Crippen molar-refractivity contribution in [2.24, 2.45) is 11.8 Å². The summed E-state index contributed by atoms with van der Waals surface area (Å²) in [5.74, 6) is 0.424. The average molecular weight is 458 g/mol. The van der Waals surface area contributed by atoms with Crippen LogP contribution in [-0.4, -0.2) is 94.9 Å². The molecule has 0 aliphatic carbocycles. The molecule has 1 aromatic heterocycles. The second kappa shape index (κ2) is 10.6. The highest BCUT2D eigenvalue weighted by Gasteiger charge is 2.36. The fourth-order valence-electron chi connectivity index (χ4n) is 4.87. The number of nitrogens with one attached hydrogen (secondary N) is 1. The van der Waals surface area contributed by atoms with Crippen molar-refractivity contribution < 1.29 is 19.4 Å². The van der Waals surface area contributed by atoms with Crippen LogP contribution < -0.4 is 5.32 Å². The van der Waals surface area contributed by atoms with Gasteiger partial charge in [0.25, 0.3) is 5.91 Å². The molecule has 2 atom stereocenters. The van der Waals surface area contributed by atoms with E-state index in [1.54, 1.807) is 4.57 Å². The van der Waals surface area contributed by atoms with E-state index in [1.165, 1.54) is 0 Å². The van der Waals surface area contributed by atoms with Crippen molar-refractivity contribution >= 4 is 22.8 Å². The predicted octanol–water partition coefficient (Wildman–Crippen LogP) is 0.964. The van der Waals surface area contributed by atoms with Gasteiger partial charge in [0.15, 0.2) is 5.82 Å². The number of nitrogens with zero attached hydrogens (tertiary/aromatic N) is 4. The van der Waals surface area contributed by atoms with Crippen LogP contribution in [0.3, 0.4) is 0 Å². The molecule has 4 rings (SSSR count). The van der Waals surface area contributed by atoms with Crippen molar-refractivity contribution in [3.63, 3.8) is 0 Å². The number of para-hydroxylation sites is 2. The zero-order valence-electron chi connectivity index (χ0n) is 19.6. The molecule has 9 heteroatoms. The Morgan fingerprint density at radius 3 is 2.73 bits per heavy atom. The number of carbonyl (C=O) groups excluding carboxylic acids is 2. The van der Waals surface area contributed by atoms with E-state index in [4.69, 9.17) is 4.74 Å². The van der Waals surface area contributed by atoms with Crippen LogP contribution >= 0.6 is 0 Å². The Bertz CT molecular complexity index is 969. The van der Waals surface area contributed by atoms with Crippen LogP contribution in [0.4, 0.5) is 0 Å². The van der Waals surface area contributed by atoms with Gasteiger partial charge in [0.05, 0.1) is 36.8 Å². The molecule has 33 heavy (non-hydrogen) atoms. The Morgan fingerprint density at radius 2 is 2.00 bits per heavy atom. The lowest BCUT2D eigenvalue weighted by molar-refractivity contribution is -0.140. The number of benzene rings is 1. The molecule has 2 unspecified atom stereocenters. The van der Waals surface area contributed by atoms with Gasteiger partial charge in [0.1, 0.15) is 0 Å². The third kappa shape index (κ3) is 5.20. The fourth-order valence-corrected chi connectivity index (χ4v) is 4.87. The van der Waals surface area contributed by atoms with E-state index in [9.17, 15) is 14.7 Å². The topological polar surface area (TPSA) is 99.9 Å². The fraction of sp³-hybridized carbons (Fsp3) is 0.625. The van der Waals surface area contributed by atoms with Gasteiger partial charge in [-0.15, -0.1) is 0 Å². The number of hydrogen-bond donors (Lipinski definition) is 2. The number of piperidine rings is 1. The molecule has 9 nitrogen and oxygen atoms in total. The van der Waals surface area contributed by atoms with Gasteiger partial charge in [-0.2, -0.15) is 0 Å². The first-order valence-corrected chi connectivity index (χ1v) is 11.9. The van der Waals surface area contributed by atoms with Crippen molar-refractivity contribution in [1.29, 1.82) is 0 Å². The Labute approximate surface area is 194 Å². The van der Waals surface area contributed by atoms with Gasteiger partial charge in [-0.3, -0.25) is 9.59 Å². The normalized spacial score (nSPS) is 21.5. The molecule has 1 aromatic carbocycles. The minimum absolute atomic E-state index is 0.0775. The molecule has 180 valence electrons. The Morgan fingerprint density at radius 1 is 1.24 bits per heavy atom. The van der Waals surface area contributed by atoms with Gasteiger partial charge in [0, 0.05) is 45.3 Å². The van der Waals surface area contributed by atoms with Crippen molar-refractivity contribution in [3.8, 4) is 0 Å². The number of amides is 2. The van der Waals surface area contributed by atoms with Crippen LogP contribution in [0.1, 0.15) is 30.9 Å². The zero-order chi connectivity index (χ0) is 23.4. The van der Waals surface area contributed by atoms with Crippen LogP contribution in [0.2, 0.25) is 0 Å². The molecule has 0 saturated carbocycles. The van der Waals surface area contributed by atoms with Gasteiger partial charge in [-0.05, 0) is 24.5 Å². The summed E-state index contributed by atoms with van der Waals surface area (Å²) in [7, 11) is 0.